The van der Waals surface area contributed by atoms with E-state index in [1.807, 2.05) is 6.92 Å². The maximum Gasteiger partial charge on any atom is 0.249 e. The first-order valence-electron chi connectivity index (χ1n) is 9.02. The molecule has 1 aliphatic rings. The number of nitrogens with zero attached hydrogens (tertiary/aromatic N) is 6. The zero-order valence-corrected chi connectivity index (χ0v) is 15.5. The minimum atomic E-state index is -0.878. The second-order valence-electron chi connectivity index (χ2n) is 6.44. The Bertz CT molecular complexity index is 971. The van der Waals surface area contributed by atoms with Crippen molar-refractivity contribution in [1.29, 1.82) is 0 Å². The number of carbonyl (C=O) groups is 1. The normalized spacial score (nSPS) is 21.9. The fourth-order valence-electron chi connectivity index (χ4n) is 3.13. The summed E-state index contributed by atoms with van der Waals surface area (Å²) >= 11 is 0. The first kappa shape index (κ1) is 18.3. The lowest BCUT2D eigenvalue weighted by Gasteiger charge is -2.17. The molecule has 1 unspecified atom stereocenters. The van der Waals surface area contributed by atoms with Gasteiger partial charge < -0.3 is 20.5 Å². The van der Waals surface area contributed by atoms with Crippen LogP contribution >= 0.6 is 0 Å². The van der Waals surface area contributed by atoms with Gasteiger partial charge in [-0.3, -0.25) is 14.5 Å². The van der Waals surface area contributed by atoms with Gasteiger partial charge in [0, 0.05) is 20.0 Å². The highest BCUT2D eigenvalue weighted by Gasteiger charge is 2.39. The summed E-state index contributed by atoms with van der Waals surface area (Å²) in [6, 6.07) is 0. The van der Waals surface area contributed by atoms with E-state index in [1.165, 1.54) is 13.4 Å². The smallest absolute Gasteiger partial charge is 0.249 e. The lowest BCUT2D eigenvalue weighted by molar-refractivity contribution is -0.134. The van der Waals surface area contributed by atoms with Gasteiger partial charge in [-0.25, -0.2) is 15.0 Å². The topological polar surface area (TPSA) is 156 Å². The molecule has 148 valence electrons. The summed E-state index contributed by atoms with van der Waals surface area (Å²) in [5, 5.41) is 26.5. The van der Waals surface area contributed by atoms with E-state index in [0.29, 0.717) is 35.0 Å². The molecule has 4 N–H and O–H groups in total. The molecule has 3 aromatic rings. The van der Waals surface area contributed by atoms with Gasteiger partial charge >= 0.3 is 0 Å². The average molecular weight is 387 g/mol. The number of nitrogens with one attached hydrogen (secondary N) is 3. The standard InChI is InChI=1S/C16H21N9O3/c1-3-4-18-13-11-14(22-12(21-13)8-6-20-24-23-8)25(7-19-11)16-9(26)5-10(28-16)15(27)17-2/h6-7,9-10,16,26H,3-5H2,1-2H3,(H,17,27)(H,18,21,22)(H,20,23,24)/t9-,10+,16?/m1/s1. The maximum atomic E-state index is 11.9. The van der Waals surface area contributed by atoms with Crippen LogP contribution in [0.3, 0.4) is 0 Å². The fraction of sp³-hybridized carbons (Fsp3) is 0.500. The van der Waals surface area contributed by atoms with Crippen LogP contribution in [0.4, 0.5) is 5.82 Å². The van der Waals surface area contributed by atoms with Crippen LogP contribution < -0.4 is 10.6 Å². The van der Waals surface area contributed by atoms with E-state index in [0.717, 1.165) is 6.42 Å². The Morgan fingerprint density at radius 2 is 2.32 bits per heavy atom. The van der Waals surface area contributed by atoms with Gasteiger partial charge in [0.15, 0.2) is 29.0 Å². The molecule has 0 saturated carbocycles. The van der Waals surface area contributed by atoms with E-state index < -0.39 is 18.4 Å². The quantitative estimate of drug-likeness (QED) is 0.451. The Kier molecular flexibility index (Phi) is 4.88. The Balaban J connectivity index is 1.77. The molecule has 0 radical (unpaired) electrons. The molecule has 0 bridgehead atoms. The maximum absolute atomic E-state index is 11.9. The molecule has 4 rings (SSSR count). The monoisotopic (exact) mass is 387 g/mol. The van der Waals surface area contributed by atoms with Crippen molar-refractivity contribution < 1.29 is 14.6 Å². The third-order valence-electron chi connectivity index (χ3n) is 4.51. The SMILES string of the molecule is CCCNc1nc(-c2c[nH]nn2)nc2c1ncn2C1O[C@H](C(=O)NC)C[C@H]1O. The summed E-state index contributed by atoms with van der Waals surface area (Å²) in [7, 11) is 1.53. The molecule has 1 fully saturated rings. The molecular formula is C16H21N9O3. The Morgan fingerprint density at radius 1 is 1.46 bits per heavy atom. The molecule has 0 aromatic carbocycles. The lowest BCUT2D eigenvalue weighted by atomic mass is 10.2. The third kappa shape index (κ3) is 3.16. The minimum Gasteiger partial charge on any atom is -0.388 e. The Hall–Kier alpha value is -3.12. The number of H-pyrrole nitrogens is 1. The second-order valence-corrected chi connectivity index (χ2v) is 6.44. The number of anilines is 1. The number of ether oxygens (including phenoxy) is 1. The van der Waals surface area contributed by atoms with Crippen LogP contribution in [0, 0.1) is 0 Å². The highest BCUT2D eigenvalue weighted by molar-refractivity contribution is 5.85. The van der Waals surface area contributed by atoms with E-state index in [1.54, 1.807) is 10.8 Å². The number of aliphatic hydroxyl groups is 1. The summed E-state index contributed by atoms with van der Waals surface area (Å²) in [6.45, 7) is 2.75. The molecule has 12 nitrogen and oxygen atoms in total. The number of rotatable bonds is 6. The number of imidazole rings is 1. The molecule has 3 atom stereocenters. The molecule has 1 amide bonds. The summed E-state index contributed by atoms with van der Waals surface area (Å²) in [4.78, 5) is 25.4. The van der Waals surface area contributed by atoms with Gasteiger partial charge in [0.1, 0.15) is 17.9 Å². The number of likely N-dealkylation sites (N-methyl/N-ethyl adjacent to an activating group) is 1. The highest BCUT2D eigenvalue weighted by atomic mass is 16.5. The van der Waals surface area contributed by atoms with Crippen LogP contribution in [-0.4, -0.2) is 71.7 Å². The van der Waals surface area contributed by atoms with Gasteiger partial charge in [0.25, 0.3) is 0 Å². The van der Waals surface area contributed by atoms with Gasteiger partial charge in [-0.15, -0.1) is 5.10 Å². The summed E-state index contributed by atoms with van der Waals surface area (Å²) < 4.78 is 7.39. The van der Waals surface area contributed by atoms with Crippen molar-refractivity contribution in [1.82, 2.24) is 40.2 Å². The van der Waals surface area contributed by atoms with Crippen molar-refractivity contribution >= 4 is 22.9 Å². The third-order valence-corrected chi connectivity index (χ3v) is 4.51. The van der Waals surface area contributed by atoms with Crippen LogP contribution in [0.25, 0.3) is 22.7 Å². The zero-order valence-electron chi connectivity index (χ0n) is 15.5. The van der Waals surface area contributed by atoms with Crippen LogP contribution in [0.1, 0.15) is 26.0 Å². The first-order valence-corrected chi connectivity index (χ1v) is 9.02. The number of carbonyl (C=O) groups excluding carboxylic acids is 1. The molecule has 1 saturated heterocycles. The number of aromatic amines is 1. The van der Waals surface area contributed by atoms with E-state index in [2.05, 4.69) is 41.0 Å². The van der Waals surface area contributed by atoms with Crippen molar-refractivity contribution in [2.75, 3.05) is 18.9 Å². The van der Waals surface area contributed by atoms with E-state index in [-0.39, 0.29) is 12.3 Å². The predicted molar refractivity (Wildman–Crippen MR) is 98.1 cm³/mol. The summed E-state index contributed by atoms with van der Waals surface area (Å²) in [5.41, 5.74) is 1.48. The van der Waals surface area contributed by atoms with E-state index in [9.17, 15) is 9.90 Å². The van der Waals surface area contributed by atoms with Crippen LogP contribution in [0.15, 0.2) is 12.5 Å². The molecule has 0 spiro atoms. The van der Waals surface area contributed by atoms with Gasteiger partial charge in [0.2, 0.25) is 5.91 Å². The number of amides is 1. The molecule has 12 heteroatoms. The van der Waals surface area contributed by atoms with E-state index in [4.69, 9.17) is 4.74 Å². The highest BCUT2D eigenvalue weighted by Crippen LogP contribution is 2.33. The van der Waals surface area contributed by atoms with Gasteiger partial charge in [-0.05, 0) is 6.42 Å². The largest absolute Gasteiger partial charge is 0.388 e. The molecule has 4 heterocycles. The van der Waals surface area contributed by atoms with Crippen LogP contribution in [-0.2, 0) is 9.53 Å². The fourth-order valence-corrected chi connectivity index (χ4v) is 3.13. The van der Waals surface area contributed by atoms with Crippen LogP contribution in [0.2, 0.25) is 0 Å². The average Bonchev–Trinajstić information content (AvgIpc) is 3.44. The number of hydrogen-bond acceptors (Lipinski definition) is 9. The number of fused-ring (bicyclic) bond motifs is 1. The number of aromatic nitrogens is 7. The van der Waals surface area contributed by atoms with Gasteiger partial charge in [-0.2, -0.15) is 0 Å². The predicted octanol–water partition coefficient (Wildman–Crippen LogP) is -0.172. The van der Waals surface area contributed by atoms with Crippen molar-refractivity contribution in [3.8, 4) is 11.5 Å². The Morgan fingerprint density at radius 3 is 3.04 bits per heavy atom. The lowest BCUT2D eigenvalue weighted by Crippen LogP contribution is -2.31. The first-order chi connectivity index (χ1) is 13.6. The Labute approximate surface area is 159 Å². The summed E-state index contributed by atoms with van der Waals surface area (Å²) in [5.74, 6) is 0.630. The summed E-state index contributed by atoms with van der Waals surface area (Å²) in [6.07, 6.45) is 1.81. The molecule has 0 aliphatic carbocycles. The minimum absolute atomic E-state index is 0.187. The van der Waals surface area contributed by atoms with Crippen molar-refractivity contribution in [3.63, 3.8) is 0 Å². The zero-order chi connectivity index (χ0) is 19.7. The van der Waals surface area contributed by atoms with Gasteiger partial charge in [0.05, 0.1) is 12.5 Å². The van der Waals surface area contributed by atoms with E-state index >= 15 is 0 Å². The van der Waals surface area contributed by atoms with Gasteiger partial charge in [-0.1, -0.05) is 12.1 Å². The van der Waals surface area contributed by atoms with Crippen molar-refractivity contribution in [2.45, 2.75) is 38.2 Å². The van der Waals surface area contributed by atoms with Crippen molar-refractivity contribution in [3.05, 3.63) is 12.5 Å². The van der Waals surface area contributed by atoms with Crippen molar-refractivity contribution in [2.24, 2.45) is 0 Å². The molecule has 3 aromatic heterocycles. The molecule has 28 heavy (non-hydrogen) atoms. The van der Waals surface area contributed by atoms with Crippen LogP contribution in [0.5, 0.6) is 0 Å². The second kappa shape index (κ2) is 7.48. The molecule has 1 aliphatic heterocycles. The number of hydrogen-bond donors (Lipinski definition) is 4. The molecular weight excluding hydrogens is 366 g/mol. The number of aliphatic hydroxyl groups excluding tert-OH is 1.